The highest BCUT2D eigenvalue weighted by atomic mass is 79.9. The Hall–Kier alpha value is -0.750. The highest BCUT2D eigenvalue weighted by Crippen LogP contribution is 2.39. The van der Waals surface area contributed by atoms with Gasteiger partial charge in [0, 0.05) is 10.9 Å². The first-order valence-electron chi connectivity index (χ1n) is 4.48. The Bertz CT molecular complexity index is 388. The van der Waals surface area contributed by atoms with E-state index in [0.717, 1.165) is 6.07 Å². The van der Waals surface area contributed by atoms with Gasteiger partial charge in [-0.05, 0) is 24.6 Å². The second kappa shape index (κ2) is 4.63. The van der Waals surface area contributed by atoms with Crippen LogP contribution in [0.25, 0.3) is 0 Å². The van der Waals surface area contributed by atoms with E-state index in [2.05, 4.69) is 15.9 Å². The van der Waals surface area contributed by atoms with Crippen LogP contribution in [0, 0.1) is 0 Å². The average molecular weight is 299 g/mol. The molecule has 0 aliphatic rings. The van der Waals surface area contributed by atoms with E-state index in [-0.39, 0.29) is 16.5 Å². The van der Waals surface area contributed by atoms with Crippen molar-refractivity contribution in [1.82, 2.24) is 0 Å². The minimum Gasteiger partial charge on any atom is -0.507 e. The Balaban J connectivity index is 3.26. The summed E-state index contributed by atoms with van der Waals surface area (Å²) in [6, 6.07) is 2.16. The Morgan fingerprint density at radius 1 is 1.38 bits per heavy atom. The average Bonchev–Trinajstić information content (AvgIpc) is 2.07. The van der Waals surface area contributed by atoms with Crippen molar-refractivity contribution >= 4 is 15.9 Å². The molecule has 0 aliphatic carbocycles. The SMILES string of the molecule is CC(O)Cc1cc(Br)cc(C(F)(F)F)c1O. The van der Waals surface area contributed by atoms with Gasteiger partial charge in [0.15, 0.2) is 0 Å². The summed E-state index contributed by atoms with van der Waals surface area (Å²) in [5, 5.41) is 18.6. The zero-order valence-electron chi connectivity index (χ0n) is 8.35. The number of phenolic OH excluding ortho intramolecular Hbond substituents is 1. The third-order valence-electron chi connectivity index (χ3n) is 1.97. The van der Waals surface area contributed by atoms with Crippen LogP contribution in [-0.4, -0.2) is 16.3 Å². The van der Waals surface area contributed by atoms with Crippen LogP contribution in [-0.2, 0) is 12.6 Å². The number of aliphatic hydroxyl groups is 1. The molecule has 1 rings (SSSR count). The summed E-state index contributed by atoms with van der Waals surface area (Å²) in [5.74, 6) is -0.823. The summed E-state index contributed by atoms with van der Waals surface area (Å²) in [6.07, 6.45) is -5.46. The minimum absolute atomic E-state index is 0.0334. The highest BCUT2D eigenvalue weighted by Gasteiger charge is 2.35. The first-order valence-corrected chi connectivity index (χ1v) is 5.27. The number of aromatic hydroxyl groups is 1. The van der Waals surface area contributed by atoms with Crippen molar-refractivity contribution in [2.45, 2.75) is 25.6 Å². The maximum absolute atomic E-state index is 12.5. The van der Waals surface area contributed by atoms with Crippen LogP contribution in [0.3, 0.4) is 0 Å². The van der Waals surface area contributed by atoms with Gasteiger partial charge in [-0.3, -0.25) is 0 Å². The fourth-order valence-electron chi connectivity index (χ4n) is 1.35. The molecule has 0 saturated heterocycles. The standard InChI is InChI=1S/C10H10BrF3O2/c1-5(15)2-6-3-7(11)4-8(9(6)16)10(12,13)14/h3-5,15-16H,2H2,1H3. The molecule has 0 bridgehead atoms. The van der Waals surface area contributed by atoms with Crippen LogP contribution in [0.1, 0.15) is 18.1 Å². The van der Waals surface area contributed by atoms with Gasteiger partial charge in [-0.25, -0.2) is 0 Å². The lowest BCUT2D eigenvalue weighted by Gasteiger charge is -2.14. The topological polar surface area (TPSA) is 40.5 Å². The molecule has 1 unspecified atom stereocenters. The number of phenols is 1. The zero-order chi connectivity index (χ0) is 12.5. The van der Waals surface area contributed by atoms with Gasteiger partial charge in [0.2, 0.25) is 0 Å². The van der Waals surface area contributed by atoms with Crippen LogP contribution in [0.5, 0.6) is 5.75 Å². The molecule has 0 radical (unpaired) electrons. The number of rotatable bonds is 2. The van der Waals surface area contributed by atoms with Gasteiger partial charge < -0.3 is 10.2 Å². The minimum atomic E-state index is -4.61. The second-order valence-electron chi connectivity index (χ2n) is 3.51. The Kier molecular flexibility index (Phi) is 3.85. The molecule has 0 spiro atoms. The van der Waals surface area contributed by atoms with Crippen molar-refractivity contribution in [3.63, 3.8) is 0 Å². The molecule has 0 aromatic heterocycles. The van der Waals surface area contributed by atoms with Crippen LogP contribution < -0.4 is 0 Å². The molecule has 16 heavy (non-hydrogen) atoms. The number of alkyl halides is 3. The Labute approximate surface area is 98.8 Å². The molecule has 0 saturated carbocycles. The molecule has 1 aromatic rings. The van der Waals surface area contributed by atoms with Crippen molar-refractivity contribution in [2.75, 3.05) is 0 Å². The van der Waals surface area contributed by atoms with Gasteiger partial charge in [0.1, 0.15) is 5.75 Å². The molecule has 0 aliphatic heterocycles. The second-order valence-corrected chi connectivity index (χ2v) is 4.43. The van der Waals surface area contributed by atoms with Crippen LogP contribution in [0.2, 0.25) is 0 Å². The lowest BCUT2D eigenvalue weighted by Crippen LogP contribution is -2.09. The van der Waals surface area contributed by atoms with Crippen molar-refractivity contribution < 1.29 is 23.4 Å². The Morgan fingerprint density at radius 2 is 1.94 bits per heavy atom. The van der Waals surface area contributed by atoms with Crippen LogP contribution >= 0.6 is 15.9 Å². The number of hydrogen-bond acceptors (Lipinski definition) is 2. The van der Waals surface area contributed by atoms with Gasteiger partial charge in [0.25, 0.3) is 0 Å². The Morgan fingerprint density at radius 3 is 2.38 bits per heavy atom. The largest absolute Gasteiger partial charge is 0.507 e. The summed E-state index contributed by atoms with van der Waals surface area (Å²) in [4.78, 5) is 0. The molecule has 1 atom stereocenters. The van der Waals surface area contributed by atoms with Gasteiger partial charge >= 0.3 is 6.18 Å². The van der Waals surface area contributed by atoms with Crippen LogP contribution in [0.4, 0.5) is 13.2 Å². The van der Waals surface area contributed by atoms with Crippen molar-refractivity contribution in [3.05, 3.63) is 27.7 Å². The van der Waals surface area contributed by atoms with Gasteiger partial charge in [-0.15, -0.1) is 0 Å². The van der Waals surface area contributed by atoms with E-state index in [4.69, 9.17) is 5.11 Å². The van der Waals surface area contributed by atoms with E-state index in [9.17, 15) is 18.3 Å². The summed E-state index contributed by atoms with van der Waals surface area (Å²) in [7, 11) is 0. The monoisotopic (exact) mass is 298 g/mol. The molecular weight excluding hydrogens is 289 g/mol. The van der Waals surface area contributed by atoms with Gasteiger partial charge in [-0.2, -0.15) is 13.2 Å². The summed E-state index contributed by atoms with van der Waals surface area (Å²) in [6.45, 7) is 1.44. The number of aliphatic hydroxyl groups excluding tert-OH is 1. The van der Waals surface area contributed by atoms with Crippen molar-refractivity contribution in [2.24, 2.45) is 0 Å². The molecule has 2 nitrogen and oxygen atoms in total. The number of benzene rings is 1. The predicted molar refractivity (Wildman–Crippen MR) is 56.2 cm³/mol. The maximum atomic E-state index is 12.5. The molecule has 0 amide bonds. The molecule has 0 heterocycles. The summed E-state index contributed by atoms with van der Waals surface area (Å²) in [5.41, 5.74) is -1.03. The summed E-state index contributed by atoms with van der Waals surface area (Å²) >= 11 is 2.94. The molecule has 6 heteroatoms. The fraction of sp³-hybridized carbons (Fsp3) is 0.400. The van der Waals surface area contributed by atoms with Crippen molar-refractivity contribution in [3.8, 4) is 5.75 Å². The van der Waals surface area contributed by atoms with E-state index in [1.165, 1.54) is 13.0 Å². The van der Waals surface area contributed by atoms with E-state index >= 15 is 0 Å². The van der Waals surface area contributed by atoms with E-state index < -0.39 is 23.6 Å². The number of halogens is 4. The smallest absolute Gasteiger partial charge is 0.420 e. The quantitative estimate of drug-likeness (QED) is 0.881. The van der Waals surface area contributed by atoms with E-state index in [1.807, 2.05) is 0 Å². The first kappa shape index (κ1) is 13.3. The predicted octanol–water partition coefficient (Wildman–Crippen LogP) is 3.10. The first-order chi connectivity index (χ1) is 7.21. The van der Waals surface area contributed by atoms with E-state index in [0.29, 0.717) is 0 Å². The molecule has 2 N–H and O–H groups in total. The fourth-order valence-corrected chi connectivity index (χ4v) is 1.85. The lowest BCUT2D eigenvalue weighted by atomic mass is 10.0. The van der Waals surface area contributed by atoms with Crippen LogP contribution in [0.15, 0.2) is 16.6 Å². The normalized spacial score (nSPS) is 13.9. The summed E-state index contributed by atoms with van der Waals surface area (Å²) < 4.78 is 37.7. The maximum Gasteiger partial charge on any atom is 0.420 e. The third kappa shape index (κ3) is 3.12. The van der Waals surface area contributed by atoms with Crippen molar-refractivity contribution in [1.29, 1.82) is 0 Å². The lowest BCUT2D eigenvalue weighted by molar-refractivity contribution is -0.138. The van der Waals surface area contributed by atoms with Gasteiger partial charge in [0.05, 0.1) is 11.7 Å². The molecule has 1 aromatic carbocycles. The van der Waals surface area contributed by atoms with E-state index in [1.54, 1.807) is 0 Å². The zero-order valence-corrected chi connectivity index (χ0v) is 9.93. The third-order valence-corrected chi connectivity index (χ3v) is 2.43. The molecule has 90 valence electrons. The highest BCUT2D eigenvalue weighted by molar-refractivity contribution is 9.10. The number of hydrogen-bond donors (Lipinski definition) is 2. The van der Waals surface area contributed by atoms with Gasteiger partial charge in [-0.1, -0.05) is 15.9 Å². The molecule has 0 fully saturated rings. The molecular formula is C10H10BrF3O2.